The summed E-state index contributed by atoms with van der Waals surface area (Å²) in [6.45, 7) is 19.3. The van der Waals surface area contributed by atoms with Crippen molar-refractivity contribution in [3.63, 3.8) is 0 Å². The molecule has 0 atom stereocenters. The van der Waals surface area contributed by atoms with Gasteiger partial charge in [0, 0.05) is 22.3 Å². The maximum absolute atomic E-state index is 13.3. The van der Waals surface area contributed by atoms with E-state index in [0.29, 0.717) is 28.0 Å². The van der Waals surface area contributed by atoms with Crippen molar-refractivity contribution in [2.45, 2.75) is 80.1 Å². The van der Waals surface area contributed by atoms with E-state index in [1.54, 1.807) is 18.2 Å². The van der Waals surface area contributed by atoms with E-state index in [2.05, 4.69) is 0 Å². The minimum Gasteiger partial charge on any atom is -0.507 e. The highest BCUT2D eigenvalue weighted by Gasteiger charge is 2.27. The number of rotatable bonds is 4. The Labute approximate surface area is 192 Å². The number of aryl methyl sites for hydroxylation is 1. The Balaban J connectivity index is 2.65. The number of hydrogen-bond donors (Lipinski definition) is 1. The van der Waals surface area contributed by atoms with Crippen LogP contribution in [0.25, 0.3) is 6.08 Å². The smallest absolute Gasteiger partial charge is 0.343 e. The summed E-state index contributed by atoms with van der Waals surface area (Å²) in [4.78, 5) is 25.3. The molecule has 0 radical (unpaired) electrons. The predicted octanol–water partition coefficient (Wildman–Crippen LogP) is 7.14. The Morgan fingerprint density at radius 1 is 0.844 bits per heavy atom. The van der Waals surface area contributed by atoms with Crippen molar-refractivity contribution in [2.24, 2.45) is 0 Å². The van der Waals surface area contributed by atoms with E-state index in [1.165, 1.54) is 6.92 Å². The topological polar surface area (TPSA) is 63.6 Å². The van der Waals surface area contributed by atoms with Gasteiger partial charge in [0.1, 0.15) is 11.5 Å². The standard InChI is InChI=1S/C28H36O4/c1-16(2)11-20-13-21(15-22(24(20)30)27(5,6)7)26(31)32-25-17(3)12-19(18(4)29)14-23(25)28(8,9)10/h11-15,30H,1-10H3. The SMILES string of the molecule is CC(=O)c1cc(C)c(OC(=O)c2cc(C=C(C)C)c(O)c(C(C)(C)C)c2)c(C(C)(C)C)c1. The van der Waals surface area contributed by atoms with Crippen LogP contribution in [-0.4, -0.2) is 16.9 Å². The molecule has 0 bridgehead atoms. The zero-order valence-electron chi connectivity index (χ0n) is 21.1. The van der Waals surface area contributed by atoms with Crippen LogP contribution in [0.15, 0.2) is 29.8 Å². The highest BCUT2D eigenvalue weighted by molar-refractivity contribution is 5.96. The summed E-state index contributed by atoms with van der Waals surface area (Å²) in [6, 6.07) is 6.93. The van der Waals surface area contributed by atoms with Gasteiger partial charge in [-0.05, 0) is 68.4 Å². The molecule has 4 heteroatoms. The second-order valence-electron chi connectivity index (χ2n) is 10.8. The van der Waals surface area contributed by atoms with Crippen molar-refractivity contribution in [3.05, 3.63) is 63.2 Å². The molecule has 0 aromatic heterocycles. The van der Waals surface area contributed by atoms with Crippen LogP contribution in [0.1, 0.15) is 105 Å². The molecule has 0 heterocycles. The average Bonchev–Trinajstić information content (AvgIpc) is 2.62. The Hall–Kier alpha value is -2.88. The summed E-state index contributed by atoms with van der Waals surface area (Å²) in [5.74, 6) is 0.119. The molecule has 0 unspecified atom stereocenters. The monoisotopic (exact) mass is 436 g/mol. The summed E-state index contributed by atoms with van der Waals surface area (Å²) in [5.41, 5.74) is 4.09. The number of hydrogen-bond acceptors (Lipinski definition) is 4. The predicted molar refractivity (Wildman–Crippen MR) is 131 cm³/mol. The van der Waals surface area contributed by atoms with E-state index in [0.717, 1.165) is 16.7 Å². The Bertz CT molecular complexity index is 1090. The van der Waals surface area contributed by atoms with Gasteiger partial charge in [0.2, 0.25) is 0 Å². The lowest BCUT2D eigenvalue weighted by Gasteiger charge is -2.25. The van der Waals surface area contributed by atoms with Crippen molar-refractivity contribution < 1.29 is 19.4 Å². The quantitative estimate of drug-likeness (QED) is 0.314. The minimum atomic E-state index is -0.497. The third-order valence-electron chi connectivity index (χ3n) is 5.31. The number of allylic oxidation sites excluding steroid dienone is 1. The number of aromatic hydroxyl groups is 1. The molecule has 0 saturated carbocycles. The Kier molecular flexibility index (Phi) is 7.08. The number of phenolic OH excluding ortho intramolecular Hbond substituents is 1. The highest BCUT2D eigenvalue weighted by atomic mass is 16.5. The molecule has 0 aliphatic rings. The van der Waals surface area contributed by atoms with Gasteiger partial charge in [-0.1, -0.05) is 53.2 Å². The van der Waals surface area contributed by atoms with Crippen LogP contribution < -0.4 is 4.74 Å². The van der Waals surface area contributed by atoms with E-state index in [-0.39, 0.29) is 22.4 Å². The summed E-state index contributed by atoms with van der Waals surface area (Å²) in [6.07, 6.45) is 1.86. The van der Waals surface area contributed by atoms with Crippen LogP contribution >= 0.6 is 0 Å². The van der Waals surface area contributed by atoms with Gasteiger partial charge in [-0.15, -0.1) is 0 Å². The zero-order valence-corrected chi connectivity index (χ0v) is 21.1. The minimum absolute atomic E-state index is 0.0313. The van der Waals surface area contributed by atoms with Crippen LogP contribution in [-0.2, 0) is 10.8 Å². The Morgan fingerprint density at radius 3 is 1.84 bits per heavy atom. The van der Waals surface area contributed by atoms with Crippen LogP contribution in [0.4, 0.5) is 0 Å². The van der Waals surface area contributed by atoms with Crippen LogP contribution in [0.2, 0.25) is 0 Å². The number of ketones is 1. The number of phenols is 1. The fourth-order valence-electron chi connectivity index (χ4n) is 3.59. The van der Waals surface area contributed by atoms with Gasteiger partial charge in [-0.2, -0.15) is 0 Å². The number of benzene rings is 2. The number of carbonyl (C=O) groups is 2. The molecule has 0 aliphatic carbocycles. The van der Waals surface area contributed by atoms with Gasteiger partial charge in [-0.3, -0.25) is 4.79 Å². The Morgan fingerprint density at radius 2 is 1.38 bits per heavy atom. The lowest BCUT2D eigenvalue weighted by atomic mass is 9.83. The molecule has 172 valence electrons. The van der Waals surface area contributed by atoms with E-state index in [9.17, 15) is 14.7 Å². The van der Waals surface area contributed by atoms with Gasteiger partial charge in [-0.25, -0.2) is 4.79 Å². The normalized spacial score (nSPS) is 11.8. The van der Waals surface area contributed by atoms with Gasteiger partial charge in [0.15, 0.2) is 5.78 Å². The zero-order chi connectivity index (χ0) is 24.6. The molecule has 2 rings (SSSR count). The molecule has 0 saturated heterocycles. The second kappa shape index (κ2) is 8.93. The molecule has 0 spiro atoms. The summed E-state index contributed by atoms with van der Waals surface area (Å²) in [5, 5.41) is 10.8. The molecule has 1 N–H and O–H groups in total. The summed E-state index contributed by atoms with van der Waals surface area (Å²) < 4.78 is 5.94. The first kappa shape index (κ1) is 25.4. The highest BCUT2D eigenvalue weighted by Crippen LogP contribution is 2.38. The fraction of sp³-hybridized carbons (Fsp3) is 0.429. The van der Waals surface area contributed by atoms with E-state index in [1.807, 2.05) is 74.5 Å². The van der Waals surface area contributed by atoms with Gasteiger partial charge in [0.05, 0.1) is 5.56 Å². The largest absolute Gasteiger partial charge is 0.507 e. The van der Waals surface area contributed by atoms with Crippen molar-refractivity contribution in [3.8, 4) is 11.5 Å². The third-order valence-corrected chi connectivity index (χ3v) is 5.31. The van der Waals surface area contributed by atoms with E-state index < -0.39 is 5.97 Å². The van der Waals surface area contributed by atoms with Gasteiger partial charge >= 0.3 is 5.97 Å². The van der Waals surface area contributed by atoms with Crippen LogP contribution in [0.3, 0.4) is 0 Å². The van der Waals surface area contributed by atoms with Crippen molar-refractivity contribution in [1.82, 2.24) is 0 Å². The maximum Gasteiger partial charge on any atom is 0.343 e. The van der Waals surface area contributed by atoms with E-state index >= 15 is 0 Å². The first-order valence-corrected chi connectivity index (χ1v) is 10.9. The van der Waals surface area contributed by atoms with Gasteiger partial charge in [0.25, 0.3) is 0 Å². The number of Topliss-reactive ketones (excluding diaryl/α,β-unsaturated/α-hetero) is 1. The second-order valence-corrected chi connectivity index (χ2v) is 10.8. The summed E-state index contributed by atoms with van der Waals surface area (Å²) >= 11 is 0. The maximum atomic E-state index is 13.3. The lowest BCUT2D eigenvalue weighted by Crippen LogP contribution is -2.19. The number of esters is 1. The lowest BCUT2D eigenvalue weighted by molar-refractivity contribution is 0.0730. The van der Waals surface area contributed by atoms with Crippen molar-refractivity contribution in [1.29, 1.82) is 0 Å². The molecule has 2 aromatic carbocycles. The third kappa shape index (κ3) is 5.67. The van der Waals surface area contributed by atoms with Crippen LogP contribution in [0, 0.1) is 6.92 Å². The van der Waals surface area contributed by atoms with Gasteiger partial charge < -0.3 is 9.84 Å². The molecular formula is C28H36O4. The number of ether oxygens (including phenoxy) is 1. The van der Waals surface area contributed by atoms with Crippen molar-refractivity contribution >= 4 is 17.8 Å². The first-order chi connectivity index (χ1) is 14.5. The molecule has 2 aromatic rings. The average molecular weight is 437 g/mol. The van der Waals surface area contributed by atoms with Crippen molar-refractivity contribution in [2.75, 3.05) is 0 Å². The summed E-state index contributed by atoms with van der Waals surface area (Å²) in [7, 11) is 0. The molecule has 32 heavy (non-hydrogen) atoms. The fourth-order valence-corrected chi connectivity index (χ4v) is 3.59. The first-order valence-electron chi connectivity index (χ1n) is 10.9. The molecule has 4 nitrogen and oxygen atoms in total. The van der Waals surface area contributed by atoms with Crippen LogP contribution in [0.5, 0.6) is 11.5 Å². The molecular weight excluding hydrogens is 400 g/mol. The molecule has 0 amide bonds. The van der Waals surface area contributed by atoms with E-state index in [4.69, 9.17) is 4.74 Å². The molecule has 0 aliphatic heterocycles. The molecule has 0 fully saturated rings. The number of carbonyl (C=O) groups excluding carboxylic acids is 2.